The molecule has 0 fully saturated rings. The molecular weight excluding hydrogens is 272 g/mol. The lowest BCUT2D eigenvalue weighted by atomic mass is 9.92. The fourth-order valence-electron chi connectivity index (χ4n) is 2.77. The van der Waals surface area contributed by atoms with Gasteiger partial charge in [-0.3, -0.25) is 4.79 Å². The molecule has 1 aromatic carbocycles. The van der Waals surface area contributed by atoms with Crippen LogP contribution < -0.4 is 0 Å². The standard InChI is InChI=1S/C16H22O5/c1-2-3-4-5-6-7-12-14-10(9-13(18)21-12)8-11(17)15(19)16(14)20/h8,12,17,19-20H,2-7,9H2,1H3/t12-/m0/s1. The maximum absolute atomic E-state index is 11.6. The van der Waals surface area contributed by atoms with Crippen LogP contribution in [0.5, 0.6) is 17.2 Å². The molecule has 0 saturated carbocycles. The Morgan fingerprint density at radius 3 is 2.57 bits per heavy atom. The van der Waals surface area contributed by atoms with Gasteiger partial charge < -0.3 is 20.1 Å². The van der Waals surface area contributed by atoms with E-state index in [-0.39, 0.29) is 18.1 Å². The largest absolute Gasteiger partial charge is 0.504 e. The average molecular weight is 294 g/mol. The second-order valence-electron chi connectivity index (χ2n) is 5.52. The zero-order chi connectivity index (χ0) is 15.4. The molecule has 21 heavy (non-hydrogen) atoms. The van der Waals surface area contributed by atoms with Crippen LogP contribution in [0.25, 0.3) is 0 Å². The highest BCUT2D eigenvalue weighted by Crippen LogP contribution is 2.46. The van der Waals surface area contributed by atoms with Crippen molar-refractivity contribution in [3.8, 4) is 17.2 Å². The number of fused-ring (bicyclic) bond motifs is 1. The van der Waals surface area contributed by atoms with Crippen molar-refractivity contribution in [3.05, 3.63) is 17.2 Å². The monoisotopic (exact) mass is 294 g/mol. The normalized spacial score (nSPS) is 17.4. The van der Waals surface area contributed by atoms with E-state index in [1.807, 2.05) is 0 Å². The molecule has 0 saturated heterocycles. The molecular formula is C16H22O5. The molecule has 1 atom stereocenters. The highest BCUT2D eigenvalue weighted by Gasteiger charge is 2.31. The van der Waals surface area contributed by atoms with Crippen LogP contribution in [0, 0.1) is 0 Å². The summed E-state index contributed by atoms with van der Waals surface area (Å²) in [5.41, 5.74) is 0.956. The number of benzene rings is 1. The third kappa shape index (κ3) is 3.40. The Labute approximate surface area is 124 Å². The molecule has 5 nitrogen and oxygen atoms in total. The number of carbonyl (C=O) groups is 1. The Morgan fingerprint density at radius 2 is 1.86 bits per heavy atom. The van der Waals surface area contributed by atoms with Crippen LogP contribution in [0.4, 0.5) is 0 Å². The molecule has 116 valence electrons. The zero-order valence-corrected chi connectivity index (χ0v) is 12.3. The minimum absolute atomic E-state index is 0.00304. The highest BCUT2D eigenvalue weighted by atomic mass is 16.5. The summed E-state index contributed by atoms with van der Waals surface area (Å²) in [6.45, 7) is 2.15. The maximum atomic E-state index is 11.6. The van der Waals surface area contributed by atoms with E-state index in [2.05, 4.69) is 6.92 Å². The van der Waals surface area contributed by atoms with Gasteiger partial charge in [0.25, 0.3) is 0 Å². The molecule has 1 aliphatic rings. The van der Waals surface area contributed by atoms with E-state index >= 15 is 0 Å². The molecule has 0 radical (unpaired) electrons. The van der Waals surface area contributed by atoms with E-state index in [9.17, 15) is 20.1 Å². The number of phenolic OH excluding ortho intramolecular Hbond substituents is 3. The lowest BCUT2D eigenvalue weighted by Crippen LogP contribution is -2.21. The van der Waals surface area contributed by atoms with Crippen molar-refractivity contribution in [1.29, 1.82) is 0 Å². The summed E-state index contributed by atoms with van der Waals surface area (Å²) in [5, 5.41) is 29.2. The summed E-state index contributed by atoms with van der Waals surface area (Å²) in [6, 6.07) is 1.33. The summed E-state index contributed by atoms with van der Waals surface area (Å²) >= 11 is 0. The Bertz CT molecular complexity index is 524. The fraction of sp³-hybridized carbons (Fsp3) is 0.562. The second kappa shape index (κ2) is 6.70. The number of ether oxygens (including phenoxy) is 1. The predicted octanol–water partition coefficient (Wildman–Crippen LogP) is 3.30. The van der Waals surface area contributed by atoms with Crippen LogP contribution in [0.2, 0.25) is 0 Å². The summed E-state index contributed by atoms with van der Waals surface area (Å²) < 4.78 is 5.30. The van der Waals surface area contributed by atoms with E-state index in [1.54, 1.807) is 0 Å². The van der Waals surface area contributed by atoms with E-state index in [0.29, 0.717) is 17.5 Å². The molecule has 0 amide bonds. The minimum atomic E-state index is -0.553. The third-order valence-corrected chi connectivity index (χ3v) is 3.88. The third-order valence-electron chi connectivity index (χ3n) is 3.88. The quantitative estimate of drug-likeness (QED) is 0.425. The lowest BCUT2D eigenvalue weighted by molar-refractivity contribution is -0.150. The van der Waals surface area contributed by atoms with Crippen LogP contribution in [-0.2, 0) is 16.0 Å². The van der Waals surface area contributed by atoms with Crippen LogP contribution >= 0.6 is 0 Å². The van der Waals surface area contributed by atoms with E-state index in [0.717, 1.165) is 25.7 Å². The molecule has 0 spiro atoms. The molecule has 1 heterocycles. The molecule has 0 aliphatic carbocycles. The number of esters is 1. The molecule has 0 bridgehead atoms. The van der Waals surface area contributed by atoms with Gasteiger partial charge in [0, 0.05) is 5.56 Å². The van der Waals surface area contributed by atoms with Crippen molar-refractivity contribution < 1.29 is 24.9 Å². The molecule has 1 aromatic rings. The second-order valence-corrected chi connectivity index (χ2v) is 5.52. The number of carbonyl (C=O) groups excluding carboxylic acids is 1. The number of rotatable bonds is 6. The number of hydrogen-bond acceptors (Lipinski definition) is 5. The van der Waals surface area contributed by atoms with Crippen molar-refractivity contribution in [1.82, 2.24) is 0 Å². The van der Waals surface area contributed by atoms with Gasteiger partial charge in [-0.15, -0.1) is 0 Å². The van der Waals surface area contributed by atoms with Crippen LogP contribution in [0.3, 0.4) is 0 Å². The molecule has 5 heteroatoms. The Kier molecular flexibility index (Phi) is 4.94. The van der Waals surface area contributed by atoms with Gasteiger partial charge in [-0.05, 0) is 24.5 Å². The van der Waals surface area contributed by atoms with Crippen LogP contribution in [-0.4, -0.2) is 21.3 Å². The summed E-state index contributed by atoms with van der Waals surface area (Å²) in [5.74, 6) is -1.72. The van der Waals surface area contributed by atoms with E-state index in [4.69, 9.17) is 4.74 Å². The lowest BCUT2D eigenvalue weighted by Gasteiger charge is -2.27. The Balaban J connectivity index is 2.14. The molecule has 2 rings (SSSR count). The number of phenols is 3. The zero-order valence-electron chi connectivity index (χ0n) is 12.3. The van der Waals surface area contributed by atoms with E-state index in [1.165, 1.54) is 12.5 Å². The van der Waals surface area contributed by atoms with Gasteiger partial charge in [0.05, 0.1) is 6.42 Å². The van der Waals surface area contributed by atoms with Crippen molar-refractivity contribution >= 4 is 5.97 Å². The van der Waals surface area contributed by atoms with Crippen molar-refractivity contribution in [2.24, 2.45) is 0 Å². The first-order valence-corrected chi connectivity index (χ1v) is 7.50. The van der Waals surface area contributed by atoms with Gasteiger partial charge >= 0.3 is 5.97 Å². The first kappa shape index (κ1) is 15.5. The average Bonchev–Trinajstić information content (AvgIpc) is 2.44. The van der Waals surface area contributed by atoms with Gasteiger partial charge in [-0.1, -0.05) is 32.6 Å². The maximum Gasteiger partial charge on any atom is 0.310 e. The SMILES string of the molecule is CCCCCCC[C@@H]1OC(=O)Cc2cc(O)c(O)c(O)c21. The predicted molar refractivity (Wildman–Crippen MR) is 77.3 cm³/mol. The number of unbranched alkanes of at least 4 members (excludes halogenated alkanes) is 4. The minimum Gasteiger partial charge on any atom is -0.504 e. The van der Waals surface area contributed by atoms with Crippen molar-refractivity contribution in [2.75, 3.05) is 0 Å². The van der Waals surface area contributed by atoms with Gasteiger partial charge in [0.15, 0.2) is 11.5 Å². The van der Waals surface area contributed by atoms with Gasteiger partial charge in [0.1, 0.15) is 6.10 Å². The molecule has 0 unspecified atom stereocenters. The smallest absolute Gasteiger partial charge is 0.310 e. The van der Waals surface area contributed by atoms with Crippen molar-refractivity contribution in [2.45, 2.75) is 58.0 Å². The summed E-state index contributed by atoms with van der Waals surface area (Å²) in [6.07, 6.45) is 5.48. The first-order chi connectivity index (χ1) is 10.0. The number of aromatic hydroxyl groups is 3. The van der Waals surface area contributed by atoms with Crippen molar-refractivity contribution in [3.63, 3.8) is 0 Å². The molecule has 0 aromatic heterocycles. The molecule has 3 N–H and O–H groups in total. The van der Waals surface area contributed by atoms with Gasteiger partial charge in [-0.25, -0.2) is 0 Å². The van der Waals surface area contributed by atoms with Crippen LogP contribution in [0.1, 0.15) is 62.7 Å². The summed E-state index contributed by atoms with van der Waals surface area (Å²) in [7, 11) is 0. The number of hydrogen-bond donors (Lipinski definition) is 3. The summed E-state index contributed by atoms with van der Waals surface area (Å²) in [4.78, 5) is 11.6. The van der Waals surface area contributed by atoms with Gasteiger partial charge in [0.2, 0.25) is 5.75 Å². The van der Waals surface area contributed by atoms with Crippen LogP contribution in [0.15, 0.2) is 6.07 Å². The van der Waals surface area contributed by atoms with E-state index < -0.39 is 17.6 Å². The fourth-order valence-corrected chi connectivity index (χ4v) is 2.77. The Hall–Kier alpha value is -1.91. The first-order valence-electron chi connectivity index (χ1n) is 7.50. The number of cyclic esters (lactones) is 1. The Morgan fingerprint density at radius 1 is 1.14 bits per heavy atom. The van der Waals surface area contributed by atoms with Gasteiger partial charge in [-0.2, -0.15) is 0 Å². The molecule has 1 aliphatic heterocycles. The highest BCUT2D eigenvalue weighted by molar-refractivity contribution is 5.77. The topological polar surface area (TPSA) is 87.0 Å².